The molecule has 0 amide bonds. The molecular formula is C17H20ClFN4O2S. The molecule has 2 aromatic heterocycles. The van der Waals surface area contributed by atoms with Crippen molar-refractivity contribution in [3.8, 4) is 0 Å². The molecule has 4 rings (SSSR count). The first-order valence-electron chi connectivity index (χ1n) is 8.97. The van der Waals surface area contributed by atoms with Gasteiger partial charge in [0.15, 0.2) is 11.0 Å². The highest BCUT2D eigenvalue weighted by Gasteiger charge is 2.32. The summed E-state index contributed by atoms with van der Waals surface area (Å²) in [6.07, 6.45) is 5.75. The van der Waals surface area contributed by atoms with E-state index in [4.69, 9.17) is 11.6 Å². The molecule has 1 atom stereocenters. The lowest BCUT2D eigenvalue weighted by Crippen LogP contribution is -2.35. The van der Waals surface area contributed by atoms with Crippen LogP contribution in [0.1, 0.15) is 44.7 Å². The van der Waals surface area contributed by atoms with E-state index in [0.29, 0.717) is 23.3 Å². The molecule has 9 heteroatoms. The van der Waals surface area contributed by atoms with Gasteiger partial charge >= 0.3 is 0 Å². The molecule has 0 aliphatic carbocycles. The maximum absolute atomic E-state index is 14.7. The fourth-order valence-corrected chi connectivity index (χ4v) is 4.80. The van der Waals surface area contributed by atoms with Crippen LogP contribution in [0.2, 0.25) is 5.15 Å². The highest BCUT2D eigenvalue weighted by molar-refractivity contribution is 7.91. The number of sulfone groups is 1. The first kappa shape index (κ1) is 17.9. The standard InChI is InChI=1S/C17H20ClFN4O2S/c1-2-26(24,25)17-21-14-12-11(20-15(18)13(14)19)8-7-10-6-4-3-5-9-23(10)16(12)22-17/h10H,2-9H2,1H3. The number of hydrogen-bond donors (Lipinski definition) is 0. The fraction of sp³-hybridized carbons (Fsp3) is 0.588. The SMILES string of the molecule is CCS(=O)(=O)c1nc2c3c(nc(Cl)c(F)c3n1)CCC1CCCCCN21. The van der Waals surface area contributed by atoms with Crippen molar-refractivity contribution in [3.63, 3.8) is 0 Å². The van der Waals surface area contributed by atoms with Gasteiger partial charge in [-0.3, -0.25) is 0 Å². The Bertz CT molecular complexity index is 983. The summed E-state index contributed by atoms with van der Waals surface area (Å²) in [6.45, 7) is 2.29. The summed E-state index contributed by atoms with van der Waals surface area (Å²) in [4.78, 5) is 14.8. The number of aryl methyl sites for hydroxylation is 1. The summed E-state index contributed by atoms with van der Waals surface area (Å²) in [5.74, 6) is -0.436. The summed E-state index contributed by atoms with van der Waals surface area (Å²) in [6, 6.07) is 0.240. The lowest BCUT2D eigenvalue weighted by molar-refractivity contribution is 0.533. The van der Waals surface area contributed by atoms with Crippen LogP contribution >= 0.6 is 11.6 Å². The van der Waals surface area contributed by atoms with Crippen molar-refractivity contribution < 1.29 is 12.8 Å². The van der Waals surface area contributed by atoms with Crippen molar-refractivity contribution in [2.45, 2.75) is 56.6 Å². The molecule has 0 saturated carbocycles. The first-order valence-corrected chi connectivity index (χ1v) is 11.0. The predicted molar refractivity (Wildman–Crippen MR) is 98.0 cm³/mol. The van der Waals surface area contributed by atoms with Gasteiger partial charge in [0, 0.05) is 12.6 Å². The molecule has 2 aliphatic rings. The Morgan fingerprint density at radius 3 is 2.77 bits per heavy atom. The van der Waals surface area contributed by atoms with Crippen molar-refractivity contribution in [3.05, 3.63) is 16.7 Å². The molecule has 26 heavy (non-hydrogen) atoms. The third kappa shape index (κ3) is 2.83. The molecule has 1 fully saturated rings. The molecule has 4 heterocycles. The molecule has 2 aromatic rings. The second-order valence-corrected chi connectivity index (χ2v) is 9.39. The quantitative estimate of drug-likeness (QED) is 0.570. The summed E-state index contributed by atoms with van der Waals surface area (Å²) < 4.78 is 39.6. The zero-order valence-corrected chi connectivity index (χ0v) is 16.1. The lowest BCUT2D eigenvalue weighted by Gasteiger charge is -2.30. The number of anilines is 1. The van der Waals surface area contributed by atoms with E-state index in [1.54, 1.807) is 0 Å². The summed E-state index contributed by atoms with van der Waals surface area (Å²) in [5.41, 5.74) is 0.608. The number of halogens is 2. The minimum atomic E-state index is -3.68. The molecular weight excluding hydrogens is 379 g/mol. The second-order valence-electron chi connectivity index (χ2n) is 6.86. The smallest absolute Gasteiger partial charge is 0.249 e. The Morgan fingerprint density at radius 1 is 1.19 bits per heavy atom. The van der Waals surface area contributed by atoms with Gasteiger partial charge in [0.2, 0.25) is 15.0 Å². The fourth-order valence-electron chi connectivity index (χ4n) is 3.89. The molecule has 1 saturated heterocycles. The van der Waals surface area contributed by atoms with Gasteiger partial charge < -0.3 is 4.90 Å². The van der Waals surface area contributed by atoms with E-state index in [9.17, 15) is 12.8 Å². The van der Waals surface area contributed by atoms with Crippen LogP contribution in [0.15, 0.2) is 5.16 Å². The van der Waals surface area contributed by atoms with Crippen molar-refractivity contribution in [2.24, 2.45) is 0 Å². The van der Waals surface area contributed by atoms with E-state index < -0.39 is 15.7 Å². The molecule has 1 unspecified atom stereocenters. The lowest BCUT2D eigenvalue weighted by atomic mass is 10.0. The predicted octanol–water partition coefficient (Wildman–Crippen LogP) is 3.31. The molecule has 0 radical (unpaired) electrons. The van der Waals surface area contributed by atoms with Gasteiger partial charge in [-0.2, -0.15) is 0 Å². The van der Waals surface area contributed by atoms with Crippen molar-refractivity contribution in [2.75, 3.05) is 17.2 Å². The van der Waals surface area contributed by atoms with E-state index in [2.05, 4.69) is 19.9 Å². The van der Waals surface area contributed by atoms with Gasteiger partial charge in [-0.05, 0) is 25.7 Å². The number of rotatable bonds is 2. The zero-order valence-electron chi connectivity index (χ0n) is 14.5. The Labute approximate surface area is 156 Å². The third-order valence-electron chi connectivity index (χ3n) is 5.30. The average Bonchev–Trinajstić information content (AvgIpc) is 2.94. The molecule has 0 N–H and O–H groups in total. The number of aromatic nitrogens is 3. The maximum atomic E-state index is 14.7. The topological polar surface area (TPSA) is 76.0 Å². The van der Waals surface area contributed by atoms with Crippen LogP contribution in [0.5, 0.6) is 0 Å². The molecule has 0 bridgehead atoms. The van der Waals surface area contributed by atoms with Crippen LogP contribution in [-0.2, 0) is 16.3 Å². The van der Waals surface area contributed by atoms with Gasteiger partial charge in [0.05, 0.1) is 16.8 Å². The monoisotopic (exact) mass is 398 g/mol. The van der Waals surface area contributed by atoms with Gasteiger partial charge in [0.1, 0.15) is 11.3 Å². The average molecular weight is 399 g/mol. The van der Waals surface area contributed by atoms with Crippen molar-refractivity contribution in [1.82, 2.24) is 15.0 Å². The zero-order chi connectivity index (χ0) is 18.5. The van der Waals surface area contributed by atoms with Crippen molar-refractivity contribution in [1.29, 1.82) is 0 Å². The Hall–Kier alpha value is -1.54. The number of fused-ring (bicyclic) bond motifs is 2. The minimum Gasteiger partial charge on any atom is -0.353 e. The van der Waals surface area contributed by atoms with Crippen LogP contribution in [-0.4, -0.2) is 41.7 Å². The van der Waals surface area contributed by atoms with Crippen molar-refractivity contribution >= 4 is 38.2 Å². The van der Waals surface area contributed by atoms with Crippen LogP contribution in [0.25, 0.3) is 10.9 Å². The number of nitrogens with zero attached hydrogens (tertiary/aromatic N) is 4. The van der Waals surface area contributed by atoms with E-state index in [1.807, 2.05) is 0 Å². The summed E-state index contributed by atoms with van der Waals surface area (Å²) >= 11 is 5.97. The highest BCUT2D eigenvalue weighted by Crippen LogP contribution is 2.38. The summed E-state index contributed by atoms with van der Waals surface area (Å²) in [7, 11) is -3.68. The van der Waals surface area contributed by atoms with Crippen LogP contribution < -0.4 is 4.90 Å². The molecule has 2 aliphatic heterocycles. The van der Waals surface area contributed by atoms with Crippen LogP contribution in [0, 0.1) is 5.82 Å². The molecule has 6 nitrogen and oxygen atoms in total. The van der Waals surface area contributed by atoms with E-state index in [1.165, 1.54) is 6.92 Å². The number of pyridine rings is 1. The van der Waals surface area contributed by atoms with Crippen LogP contribution in [0.3, 0.4) is 0 Å². The van der Waals surface area contributed by atoms with Crippen LogP contribution in [0.4, 0.5) is 10.2 Å². The maximum Gasteiger partial charge on any atom is 0.249 e. The second kappa shape index (κ2) is 6.56. The van der Waals surface area contributed by atoms with Gasteiger partial charge in [-0.25, -0.2) is 27.8 Å². The highest BCUT2D eigenvalue weighted by atomic mass is 35.5. The van der Waals surface area contributed by atoms with E-state index in [0.717, 1.165) is 38.6 Å². The van der Waals surface area contributed by atoms with Gasteiger partial charge in [0.25, 0.3) is 0 Å². The van der Waals surface area contributed by atoms with E-state index in [-0.39, 0.29) is 27.6 Å². The normalized spacial score (nSPS) is 20.6. The summed E-state index contributed by atoms with van der Waals surface area (Å²) in [5, 5.41) is -0.0973. The van der Waals surface area contributed by atoms with E-state index >= 15 is 0 Å². The van der Waals surface area contributed by atoms with Gasteiger partial charge in [-0.15, -0.1) is 0 Å². The molecule has 0 aromatic carbocycles. The molecule has 140 valence electrons. The largest absolute Gasteiger partial charge is 0.353 e. The molecule has 0 spiro atoms. The third-order valence-corrected chi connectivity index (χ3v) is 7.05. The Kier molecular flexibility index (Phi) is 4.51. The minimum absolute atomic E-state index is 0.0399. The number of hydrogen-bond acceptors (Lipinski definition) is 6. The Morgan fingerprint density at radius 2 is 2.00 bits per heavy atom. The van der Waals surface area contributed by atoms with Gasteiger partial charge in [-0.1, -0.05) is 31.4 Å². The Balaban J connectivity index is 2.07. The first-order chi connectivity index (χ1) is 12.4.